The summed E-state index contributed by atoms with van der Waals surface area (Å²) in [5, 5.41) is 0. The zero-order valence-electron chi connectivity index (χ0n) is 46.5. The van der Waals surface area contributed by atoms with Crippen LogP contribution in [0.15, 0.2) is 97.2 Å². The minimum atomic E-state index is -0.795. The molecule has 0 radical (unpaired) electrons. The molecule has 0 aromatic heterocycles. The molecule has 0 aromatic carbocycles. The third-order valence-corrected chi connectivity index (χ3v) is 12.6. The van der Waals surface area contributed by atoms with Crippen molar-refractivity contribution in [3.05, 3.63) is 97.2 Å². The Bertz CT molecular complexity index is 1410. The van der Waals surface area contributed by atoms with Crippen molar-refractivity contribution in [3.8, 4) is 0 Å². The van der Waals surface area contributed by atoms with Gasteiger partial charge in [-0.15, -0.1) is 0 Å². The Hall–Kier alpha value is -3.67. The van der Waals surface area contributed by atoms with Crippen molar-refractivity contribution in [1.29, 1.82) is 0 Å². The van der Waals surface area contributed by atoms with Crippen molar-refractivity contribution in [2.24, 2.45) is 0 Å². The van der Waals surface area contributed by atoms with E-state index < -0.39 is 6.10 Å². The van der Waals surface area contributed by atoms with Crippen LogP contribution in [0.1, 0.15) is 278 Å². The van der Waals surface area contributed by atoms with Gasteiger partial charge in [-0.25, -0.2) is 0 Å². The van der Waals surface area contributed by atoms with E-state index in [9.17, 15) is 14.4 Å². The fourth-order valence-corrected chi connectivity index (χ4v) is 8.12. The van der Waals surface area contributed by atoms with Gasteiger partial charge in [0.15, 0.2) is 6.10 Å². The highest BCUT2D eigenvalue weighted by molar-refractivity contribution is 5.71. The topological polar surface area (TPSA) is 78.9 Å². The van der Waals surface area contributed by atoms with Crippen LogP contribution in [0.5, 0.6) is 0 Å². The summed E-state index contributed by atoms with van der Waals surface area (Å²) in [5.74, 6) is -0.927. The molecule has 0 saturated heterocycles. The van der Waals surface area contributed by atoms with E-state index in [1.807, 2.05) is 0 Å². The van der Waals surface area contributed by atoms with Crippen molar-refractivity contribution in [2.45, 2.75) is 284 Å². The Morgan fingerprint density at radius 1 is 0.296 bits per heavy atom. The number of ether oxygens (including phenoxy) is 3. The van der Waals surface area contributed by atoms with Crippen molar-refractivity contribution in [3.63, 3.8) is 0 Å². The summed E-state index contributed by atoms with van der Waals surface area (Å²) in [6.45, 7) is 6.49. The molecule has 0 saturated carbocycles. The third-order valence-electron chi connectivity index (χ3n) is 12.6. The molecule has 0 N–H and O–H groups in total. The molecule has 0 aliphatic carbocycles. The van der Waals surface area contributed by atoms with Crippen molar-refractivity contribution < 1.29 is 28.6 Å². The quantitative estimate of drug-likeness (QED) is 0.0261. The Labute approximate surface area is 438 Å². The lowest BCUT2D eigenvalue weighted by molar-refractivity contribution is -0.167. The molecule has 0 aliphatic heterocycles. The molecule has 1 unspecified atom stereocenters. The fourth-order valence-electron chi connectivity index (χ4n) is 8.12. The lowest BCUT2D eigenvalue weighted by Crippen LogP contribution is -2.30. The Morgan fingerprint density at radius 2 is 0.549 bits per heavy atom. The molecule has 0 aromatic rings. The number of esters is 3. The van der Waals surface area contributed by atoms with Gasteiger partial charge in [0.05, 0.1) is 0 Å². The molecule has 0 rings (SSSR count). The summed E-state index contributed by atoms with van der Waals surface area (Å²) in [5.41, 5.74) is 0. The molecule has 71 heavy (non-hydrogen) atoms. The predicted octanol–water partition coefficient (Wildman–Crippen LogP) is 20.1. The van der Waals surface area contributed by atoms with E-state index in [1.165, 1.54) is 116 Å². The number of carbonyl (C=O) groups excluding carboxylic acids is 3. The molecule has 0 aliphatic rings. The van der Waals surface area contributed by atoms with Gasteiger partial charge in [-0.1, -0.05) is 253 Å². The van der Waals surface area contributed by atoms with E-state index in [0.717, 1.165) is 122 Å². The predicted molar refractivity (Wildman–Crippen MR) is 307 cm³/mol. The molecule has 406 valence electrons. The second-order valence-electron chi connectivity index (χ2n) is 19.5. The van der Waals surface area contributed by atoms with Crippen LogP contribution in [0.4, 0.5) is 0 Å². The average molecular weight is 988 g/mol. The second kappa shape index (κ2) is 58.9. The monoisotopic (exact) mass is 987 g/mol. The summed E-state index contributed by atoms with van der Waals surface area (Å²) in [6, 6.07) is 0. The van der Waals surface area contributed by atoms with Crippen LogP contribution in [-0.4, -0.2) is 37.2 Å². The number of hydrogen-bond acceptors (Lipinski definition) is 6. The Kier molecular flexibility index (Phi) is 55.9. The van der Waals surface area contributed by atoms with Gasteiger partial charge in [0.1, 0.15) is 13.2 Å². The van der Waals surface area contributed by atoms with Gasteiger partial charge >= 0.3 is 17.9 Å². The lowest BCUT2D eigenvalue weighted by Gasteiger charge is -2.18. The first kappa shape index (κ1) is 67.3. The fraction of sp³-hybridized carbons (Fsp3) is 0.708. The van der Waals surface area contributed by atoms with Crippen molar-refractivity contribution in [1.82, 2.24) is 0 Å². The summed E-state index contributed by atoms with van der Waals surface area (Å²) >= 11 is 0. The SMILES string of the molecule is CC/C=C\C/C=C\C/C=C\C/C=C\C/C=C\C/C=C\C/C=C\CCCCCC(=O)OCC(COC(=O)CCCCCCCCCCCCCCCC)OC(=O)CCCCCCC/C=C\CCCCCCC. The number of hydrogen-bond donors (Lipinski definition) is 0. The minimum absolute atomic E-state index is 0.0897. The highest BCUT2D eigenvalue weighted by Crippen LogP contribution is 2.15. The Morgan fingerprint density at radius 3 is 0.887 bits per heavy atom. The molecule has 0 fully saturated rings. The van der Waals surface area contributed by atoms with Crippen LogP contribution in [0, 0.1) is 0 Å². The van der Waals surface area contributed by atoms with E-state index in [0.29, 0.717) is 19.3 Å². The first-order valence-corrected chi connectivity index (χ1v) is 29.7. The van der Waals surface area contributed by atoms with E-state index in [2.05, 4.69) is 118 Å². The zero-order valence-corrected chi connectivity index (χ0v) is 46.5. The molecule has 1 atom stereocenters. The van der Waals surface area contributed by atoms with Gasteiger partial charge in [-0.3, -0.25) is 14.4 Å². The van der Waals surface area contributed by atoms with Gasteiger partial charge in [-0.05, 0) is 103 Å². The molecule has 0 amide bonds. The molecule has 0 spiro atoms. The standard InChI is InChI=1S/C65H110O6/c1-4-7-10-13-16-19-22-25-28-29-30-31-32-33-34-35-36-37-38-41-43-46-49-52-55-58-64(67)70-61-62(71-65(68)59-56-53-50-47-44-40-27-24-21-18-15-12-9-6-3)60-69-63(66)57-54-51-48-45-42-39-26-23-20-17-14-11-8-5-2/h7,10,16,19,24-25,27-28,30-31,33-34,36-37,41,43,62H,4-6,8-9,11-15,17-18,20-23,26,29,32,35,38-40,42,44-61H2,1-3H3/b10-7-,19-16-,27-24-,28-25-,31-30-,34-33-,37-36-,43-41-. The molecular formula is C65H110O6. The zero-order chi connectivity index (χ0) is 51.4. The van der Waals surface area contributed by atoms with Crippen LogP contribution >= 0.6 is 0 Å². The third kappa shape index (κ3) is 57.1. The maximum atomic E-state index is 12.8. The maximum absolute atomic E-state index is 12.8. The molecule has 0 heterocycles. The van der Waals surface area contributed by atoms with Crippen LogP contribution in [0.2, 0.25) is 0 Å². The lowest BCUT2D eigenvalue weighted by atomic mass is 10.0. The minimum Gasteiger partial charge on any atom is -0.462 e. The van der Waals surface area contributed by atoms with Gasteiger partial charge < -0.3 is 14.2 Å². The number of carbonyl (C=O) groups is 3. The summed E-state index contributed by atoms with van der Waals surface area (Å²) < 4.78 is 16.8. The van der Waals surface area contributed by atoms with Crippen molar-refractivity contribution in [2.75, 3.05) is 13.2 Å². The summed E-state index contributed by atoms with van der Waals surface area (Å²) in [7, 11) is 0. The number of rotatable bonds is 53. The second-order valence-corrected chi connectivity index (χ2v) is 19.5. The highest BCUT2D eigenvalue weighted by Gasteiger charge is 2.19. The molecular weight excluding hydrogens is 877 g/mol. The first-order valence-electron chi connectivity index (χ1n) is 29.7. The largest absolute Gasteiger partial charge is 0.462 e. The summed E-state index contributed by atoms with van der Waals surface area (Å²) in [6.07, 6.45) is 78.3. The average Bonchev–Trinajstić information content (AvgIpc) is 3.37. The molecule has 6 nitrogen and oxygen atoms in total. The Balaban J connectivity index is 4.41. The van der Waals surface area contributed by atoms with Gasteiger partial charge in [0, 0.05) is 19.3 Å². The van der Waals surface area contributed by atoms with E-state index in [-0.39, 0.29) is 31.1 Å². The van der Waals surface area contributed by atoms with Gasteiger partial charge in [-0.2, -0.15) is 0 Å². The van der Waals surface area contributed by atoms with Crippen LogP contribution in [-0.2, 0) is 28.6 Å². The first-order chi connectivity index (χ1) is 35.0. The maximum Gasteiger partial charge on any atom is 0.306 e. The van der Waals surface area contributed by atoms with Crippen LogP contribution in [0.25, 0.3) is 0 Å². The van der Waals surface area contributed by atoms with E-state index in [4.69, 9.17) is 14.2 Å². The van der Waals surface area contributed by atoms with Crippen molar-refractivity contribution >= 4 is 17.9 Å². The summed E-state index contributed by atoms with van der Waals surface area (Å²) in [4.78, 5) is 38.2. The van der Waals surface area contributed by atoms with E-state index >= 15 is 0 Å². The number of allylic oxidation sites excluding steroid dienone is 16. The molecule has 6 heteroatoms. The smallest absolute Gasteiger partial charge is 0.306 e. The van der Waals surface area contributed by atoms with Gasteiger partial charge in [0.2, 0.25) is 0 Å². The number of unbranched alkanes of at least 4 members (excludes halogenated alkanes) is 26. The normalized spacial score (nSPS) is 12.8. The van der Waals surface area contributed by atoms with Crippen LogP contribution in [0.3, 0.4) is 0 Å². The van der Waals surface area contributed by atoms with Crippen LogP contribution < -0.4 is 0 Å². The van der Waals surface area contributed by atoms with Gasteiger partial charge in [0.25, 0.3) is 0 Å². The highest BCUT2D eigenvalue weighted by atomic mass is 16.6. The molecule has 0 bridgehead atoms. The van der Waals surface area contributed by atoms with E-state index in [1.54, 1.807) is 0 Å².